The van der Waals surface area contributed by atoms with Gasteiger partial charge in [-0.3, -0.25) is 0 Å². The minimum atomic E-state index is 0.776. The Kier molecular flexibility index (Phi) is 9.54. The molecule has 114 valence electrons. The summed E-state index contributed by atoms with van der Waals surface area (Å²) in [5, 5.41) is 3.63. The van der Waals surface area contributed by atoms with Crippen molar-refractivity contribution >= 4 is 0 Å². The smallest absolute Gasteiger partial charge is 0.00218 e. The molecule has 2 nitrogen and oxygen atoms in total. The number of unbranched alkanes of at least 4 members (excludes halogenated alkanes) is 4. The summed E-state index contributed by atoms with van der Waals surface area (Å²) in [7, 11) is 0. The first-order valence-electron chi connectivity index (χ1n) is 8.65. The maximum atomic E-state index is 3.63. The summed E-state index contributed by atoms with van der Waals surface area (Å²) < 4.78 is 0. The normalized spacial score (nSPS) is 21.2. The zero-order valence-electron chi connectivity index (χ0n) is 13.6. The molecule has 0 aliphatic carbocycles. The van der Waals surface area contributed by atoms with Crippen LogP contribution in [0.15, 0.2) is 0 Å². The number of hydrogen-bond acceptors (Lipinski definition) is 2. The van der Waals surface area contributed by atoms with Crippen molar-refractivity contribution in [3.05, 3.63) is 0 Å². The summed E-state index contributed by atoms with van der Waals surface area (Å²) in [5.74, 6) is 1.67. The summed E-state index contributed by atoms with van der Waals surface area (Å²) in [6.45, 7) is 13.3. The van der Waals surface area contributed by atoms with Gasteiger partial charge in [-0.05, 0) is 57.3 Å². The molecule has 1 N–H and O–H groups in total. The van der Waals surface area contributed by atoms with E-state index in [1.807, 2.05) is 0 Å². The van der Waals surface area contributed by atoms with E-state index in [9.17, 15) is 0 Å². The van der Waals surface area contributed by atoms with E-state index >= 15 is 0 Å². The van der Waals surface area contributed by atoms with Gasteiger partial charge >= 0.3 is 0 Å². The molecule has 0 aromatic rings. The van der Waals surface area contributed by atoms with Gasteiger partial charge in [0.1, 0.15) is 0 Å². The highest BCUT2D eigenvalue weighted by Gasteiger charge is 2.18. The highest BCUT2D eigenvalue weighted by molar-refractivity contribution is 4.74. The quantitative estimate of drug-likeness (QED) is 0.604. The molecule has 0 spiro atoms. The van der Waals surface area contributed by atoms with E-state index in [0.29, 0.717) is 0 Å². The number of nitrogens with one attached hydrogen (secondary N) is 1. The van der Waals surface area contributed by atoms with Crippen LogP contribution in [-0.2, 0) is 0 Å². The molecule has 0 aromatic heterocycles. The molecule has 0 radical (unpaired) electrons. The van der Waals surface area contributed by atoms with E-state index in [1.165, 1.54) is 77.7 Å². The van der Waals surface area contributed by atoms with Crippen molar-refractivity contribution in [3.8, 4) is 0 Å². The van der Waals surface area contributed by atoms with Crippen LogP contribution in [0, 0.1) is 11.8 Å². The van der Waals surface area contributed by atoms with Crippen LogP contribution in [0.2, 0.25) is 0 Å². The SMILES string of the molecule is CCCCCCCN1CCCC(CNCC(C)C)C1. The number of rotatable bonds is 10. The van der Waals surface area contributed by atoms with Crippen LogP contribution in [0.5, 0.6) is 0 Å². The van der Waals surface area contributed by atoms with Gasteiger partial charge in [-0.2, -0.15) is 0 Å². The van der Waals surface area contributed by atoms with Crippen LogP contribution in [0.25, 0.3) is 0 Å². The summed E-state index contributed by atoms with van der Waals surface area (Å²) in [6.07, 6.45) is 9.88. The topological polar surface area (TPSA) is 15.3 Å². The zero-order valence-corrected chi connectivity index (χ0v) is 13.6. The van der Waals surface area contributed by atoms with Gasteiger partial charge in [0.15, 0.2) is 0 Å². The van der Waals surface area contributed by atoms with Crippen LogP contribution in [0.4, 0.5) is 0 Å². The van der Waals surface area contributed by atoms with E-state index in [4.69, 9.17) is 0 Å². The fourth-order valence-corrected chi connectivity index (χ4v) is 3.04. The van der Waals surface area contributed by atoms with Crippen molar-refractivity contribution in [2.24, 2.45) is 11.8 Å². The molecule has 19 heavy (non-hydrogen) atoms. The Balaban J connectivity index is 2.05. The van der Waals surface area contributed by atoms with Crippen LogP contribution in [-0.4, -0.2) is 37.6 Å². The molecule has 1 fully saturated rings. The third-order valence-corrected chi connectivity index (χ3v) is 4.17. The Morgan fingerprint density at radius 2 is 1.95 bits per heavy atom. The van der Waals surface area contributed by atoms with E-state index in [1.54, 1.807) is 0 Å². The van der Waals surface area contributed by atoms with Gasteiger partial charge in [-0.1, -0.05) is 46.5 Å². The first kappa shape index (κ1) is 17.0. The molecule has 2 heteroatoms. The first-order valence-corrected chi connectivity index (χ1v) is 8.65. The molecule has 1 unspecified atom stereocenters. The van der Waals surface area contributed by atoms with E-state index < -0.39 is 0 Å². The zero-order chi connectivity index (χ0) is 13.9. The molecule has 1 atom stereocenters. The first-order chi connectivity index (χ1) is 9.22. The van der Waals surface area contributed by atoms with Gasteiger partial charge in [0, 0.05) is 6.54 Å². The Morgan fingerprint density at radius 1 is 1.16 bits per heavy atom. The lowest BCUT2D eigenvalue weighted by atomic mass is 9.97. The molecule has 1 rings (SSSR count). The average molecular weight is 268 g/mol. The van der Waals surface area contributed by atoms with Gasteiger partial charge in [0.2, 0.25) is 0 Å². The molecule has 0 amide bonds. The van der Waals surface area contributed by atoms with Crippen LogP contribution >= 0.6 is 0 Å². The number of likely N-dealkylation sites (tertiary alicyclic amines) is 1. The number of nitrogens with zero attached hydrogens (tertiary/aromatic N) is 1. The number of hydrogen-bond donors (Lipinski definition) is 1. The minimum absolute atomic E-state index is 0.776. The van der Waals surface area contributed by atoms with Crippen molar-refractivity contribution in [3.63, 3.8) is 0 Å². The molecule has 0 aromatic carbocycles. The second-order valence-corrected chi connectivity index (χ2v) is 6.78. The van der Waals surface area contributed by atoms with Crippen LogP contribution < -0.4 is 5.32 Å². The molecule has 1 heterocycles. The Bertz CT molecular complexity index is 203. The predicted octanol–water partition coefficient (Wildman–Crippen LogP) is 3.91. The monoisotopic (exact) mass is 268 g/mol. The highest BCUT2D eigenvalue weighted by atomic mass is 15.1. The van der Waals surface area contributed by atoms with Crippen molar-refractivity contribution in [2.75, 3.05) is 32.7 Å². The predicted molar refractivity (Wildman–Crippen MR) is 85.6 cm³/mol. The van der Waals surface area contributed by atoms with Gasteiger partial charge in [-0.15, -0.1) is 0 Å². The van der Waals surface area contributed by atoms with Gasteiger partial charge in [-0.25, -0.2) is 0 Å². The molecular formula is C17H36N2. The average Bonchev–Trinajstić information content (AvgIpc) is 2.39. The summed E-state index contributed by atoms with van der Waals surface area (Å²) in [6, 6.07) is 0. The van der Waals surface area contributed by atoms with Gasteiger partial charge < -0.3 is 10.2 Å². The maximum absolute atomic E-state index is 3.63. The molecular weight excluding hydrogens is 232 g/mol. The van der Waals surface area contributed by atoms with Crippen molar-refractivity contribution < 1.29 is 0 Å². The summed E-state index contributed by atoms with van der Waals surface area (Å²) in [4.78, 5) is 2.71. The molecule has 1 saturated heterocycles. The van der Waals surface area contributed by atoms with E-state index in [2.05, 4.69) is 31.0 Å². The second kappa shape index (κ2) is 10.7. The Hall–Kier alpha value is -0.0800. The largest absolute Gasteiger partial charge is 0.316 e. The fraction of sp³-hybridized carbons (Fsp3) is 1.00. The highest BCUT2D eigenvalue weighted by Crippen LogP contribution is 2.16. The number of piperidine rings is 1. The fourth-order valence-electron chi connectivity index (χ4n) is 3.04. The minimum Gasteiger partial charge on any atom is -0.316 e. The lowest BCUT2D eigenvalue weighted by molar-refractivity contribution is 0.169. The molecule has 1 aliphatic heterocycles. The molecule has 1 aliphatic rings. The van der Waals surface area contributed by atoms with Crippen molar-refractivity contribution in [1.82, 2.24) is 10.2 Å². The maximum Gasteiger partial charge on any atom is 0.00218 e. The van der Waals surface area contributed by atoms with E-state index in [-0.39, 0.29) is 0 Å². The third kappa shape index (κ3) is 8.65. The second-order valence-electron chi connectivity index (χ2n) is 6.78. The summed E-state index contributed by atoms with van der Waals surface area (Å²) in [5.41, 5.74) is 0. The molecule has 0 bridgehead atoms. The Morgan fingerprint density at radius 3 is 2.68 bits per heavy atom. The summed E-state index contributed by atoms with van der Waals surface area (Å²) >= 11 is 0. The third-order valence-electron chi connectivity index (χ3n) is 4.17. The van der Waals surface area contributed by atoms with Crippen LogP contribution in [0.3, 0.4) is 0 Å². The van der Waals surface area contributed by atoms with Gasteiger partial charge in [0.25, 0.3) is 0 Å². The standard InChI is InChI=1S/C17H36N2/c1-4-5-6-7-8-11-19-12-9-10-17(15-19)14-18-13-16(2)3/h16-18H,4-15H2,1-3H3. The van der Waals surface area contributed by atoms with Crippen molar-refractivity contribution in [1.29, 1.82) is 0 Å². The molecule has 0 saturated carbocycles. The van der Waals surface area contributed by atoms with E-state index in [0.717, 1.165) is 11.8 Å². The lowest BCUT2D eigenvalue weighted by Crippen LogP contribution is -2.40. The van der Waals surface area contributed by atoms with Gasteiger partial charge in [0.05, 0.1) is 0 Å². The lowest BCUT2D eigenvalue weighted by Gasteiger charge is -2.33. The van der Waals surface area contributed by atoms with Crippen molar-refractivity contribution in [2.45, 2.75) is 65.7 Å². The Labute approximate surface area is 121 Å². The van der Waals surface area contributed by atoms with Crippen LogP contribution in [0.1, 0.15) is 65.7 Å².